The van der Waals surface area contributed by atoms with E-state index in [2.05, 4.69) is 26.0 Å². The van der Waals surface area contributed by atoms with Crippen molar-refractivity contribution in [2.45, 2.75) is 313 Å². The van der Waals surface area contributed by atoms with Crippen molar-refractivity contribution < 1.29 is 73.8 Å². The molecule has 0 saturated carbocycles. The average molecular weight is 1030 g/mol. The Labute approximate surface area is 435 Å². The minimum absolute atomic E-state index is 0.170. The van der Waals surface area contributed by atoms with E-state index in [9.17, 15) is 45.3 Å². The normalized spacial score (nSPS) is 25.0. The zero-order valence-corrected chi connectivity index (χ0v) is 45.2. The predicted molar refractivity (Wildman–Crippen MR) is 280 cm³/mol. The molecule has 2 rings (SSSR count). The molecule has 15 nitrogen and oxygen atoms in total. The molecule has 2 saturated heterocycles. The number of aliphatic hydroxyl groups is 7. The molecule has 424 valence electrons. The van der Waals surface area contributed by atoms with E-state index in [0.717, 1.165) is 57.8 Å². The highest BCUT2D eigenvalue weighted by Gasteiger charge is 2.47. The SMILES string of the molecule is CCCCCCC/C=C/CCCCCCCC(=O)OC[C@H](CO[C@H]1O[C@@H](CO[C@H]2O[C@@H](CO)[C@@H](O)C(O)C2O)[C@@H](O)C(O)C1O)OC(=O)CCCCCCCCCCCCCCCCCCCCCCCC. The minimum Gasteiger partial charge on any atom is -0.462 e. The number of esters is 2. The fourth-order valence-electron chi connectivity index (χ4n) is 9.45. The largest absolute Gasteiger partial charge is 0.462 e. The number of aliphatic hydroxyl groups excluding tert-OH is 7. The topological polar surface area (TPSA) is 231 Å². The van der Waals surface area contributed by atoms with E-state index in [-0.39, 0.29) is 26.1 Å². The molecule has 72 heavy (non-hydrogen) atoms. The molecule has 0 amide bonds. The van der Waals surface area contributed by atoms with Crippen LogP contribution in [-0.2, 0) is 38.0 Å². The van der Waals surface area contributed by atoms with E-state index in [0.29, 0.717) is 12.8 Å². The molecule has 4 unspecified atom stereocenters. The van der Waals surface area contributed by atoms with Crippen LogP contribution in [0.4, 0.5) is 0 Å². The smallest absolute Gasteiger partial charge is 0.306 e. The van der Waals surface area contributed by atoms with Crippen LogP contribution in [0.1, 0.15) is 245 Å². The highest BCUT2D eigenvalue weighted by atomic mass is 16.7. The first-order valence-corrected chi connectivity index (χ1v) is 29.3. The first-order valence-electron chi connectivity index (χ1n) is 29.3. The molecule has 0 aromatic rings. The third kappa shape index (κ3) is 31.3. The second-order valence-electron chi connectivity index (χ2n) is 20.8. The Hall–Kier alpha value is -1.76. The molecule has 7 N–H and O–H groups in total. The molecule has 0 spiro atoms. The molecular weight excluding hydrogens is 925 g/mol. The molecule has 0 bridgehead atoms. The van der Waals surface area contributed by atoms with Gasteiger partial charge in [0.25, 0.3) is 0 Å². The molecular formula is C57H106O15. The van der Waals surface area contributed by atoms with Gasteiger partial charge in [0, 0.05) is 12.8 Å². The van der Waals surface area contributed by atoms with Crippen LogP contribution in [0.3, 0.4) is 0 Å². The monoisotopic (exact) mass is 1030 g/mol. The highest BCUT2D eigenvalue weighted by molar-refractivity contribution is 5.70. The van der Waals surface area contributed by atoms with E-state index < -0.39 is 92.7 Å². The maximum Gasteiger partial charge on any atom is 0.306 e. The quantitative estimate of drug-likeness (QED) is 0.0171. The minimum atomic E-state index is -1.76. The van der Waals surface area contributed by atoms with Crippen molar-refractivity contribution in [2.75, 3.05) is 26.4 Å². The first-order chi connectivity index (χ1) is 35.0. The van der Waals surface area contributed by atoms with Gasteiger partial charge in [-0.05, 0) is 38.5 Å². The number of allylic oxidation sites excluding steroid dienone is 2. The lowest BCUT2D eigenvalue weighted by atomic mass is 9.98. The zero-order valence-electron chi connectivity index (χ0n) is 45.2. The molecule has 2 heterocycles. The van der Waals surface area contributed by atoms with Crippen LogP contribution < -0.4 is 0 Å². The average Bonchev–Trinajstić information content (AvgIpc) is 3.37. The number of carbonyl (C=O) groups excluding carboxylic acids is 2. The molecule has 0 aromatic heterocycles. The Bertz CT molecular complexity index is 1300. The van der Waals surface area contributed by atoms with Crippen molar-refractivity contribution in [3.8, 4) is 0 Å². The lowest BCUT2D eigenvalue weighted by molar-refractivity contribution is -0.332. The third-order valence-corrected chi connectivity index (χ3v) is 14.2. The molecule has 15 heteroatoms. The lowest BCUT2D eigenvalue weighted by Gasteiger charge is -2.42. The number of carbonyl (C=O) groups is 2. The van der Waals surface area contributed by atoms with E-state index in [1.54, 1.807) is 0 Å². The molecule has 2 fully saturated rings. The number of ether oxygens (including phenoxy) is 6. The summed E-state index contributed by atoms with van der Waals surface area (Å²) in [6, 6.07) is 0. The number of unbranched alkanes of at least 4 members (excludes halogenated alkanes) is 31. The van der Waals surface area contributed by atoms with Gasteiger partial charge in [-0.2, -0.15) is 0 Å². The van der Waals surface area contributed by atoms with Gasteiger partial charge in [-0.3, -0.25) is 9.59 Å². The Kier molecular flexibility index (Phi) is 40.9. The Balaban J connectivity index is 1.73. The van der Waals surface area contributed by atoms with Crippen LogP contribution >= 0.6 is 0 Å². The fourth-order valence-corrected chi connectivity index (χ4v) is 9.45. The van der Waals surface area contributed by atoms with Gasteiger partial charge in [-0.15, -0.1) is 0 Å². The number of rotatable bonds is 47. The van der Waals surface area contributed by atoms with Crippen LogP contribution in [0.2, 0.25) is 0 Å². The lowest BCUT2D eigenvalue weighted by Crippen LogP contribution is -2.61. The van der Waals surface area contributed by atoms with Crippen LogP contribution in [0.25, 0.3) is 0 Å². The summed E-state index contributed by atoms with van der Waals surface area (Å²) in [6.45, 7) is 2.62. The Morgan fingerprint density at radius 3 is 1.22 bits per heavy atom. The van der Waals surface area contributed by atoms with Gasteiger partial charge in [0.15, 0.2) is 18.7 Å². The van der Waals surface area contributed by atoms with Gasteiger partial charge >= 0.3 is 11.9 Å². The van der Waals surface area contributed by atoms with E-state index >= 15 is 0 Å². The molecule has 0 radical (unpaired) electrons. The zero-order chi connectivity index (χ0) is 52.4. The summed E-state index contributed by atoms with van der Waals surface area (Å²) in [5.74, 6) is -0.920. The Morgan fingerprint density at radius 1 is 0.431 bits per heavy atom. The molecule has 2 aliphatic rings. The summed E-state index contributed by atoms with van der Waals surface area (Å²) in [7, 11) is 0. The van der Waals surface area contributed by atoms with Crippen LogP contribution in [0.15, 0.2) is 12.2 Å². The van der Waals surface area contributed by atoms with E-state index in [4.69, 9.17) is 28.4 Å². The summed E-state index contributed by atoms with van der Waals surface area (Å²) in [4.78, 5) is 25.9. The number of hydrogen-bond donors (Lipinski definition) is 7. The summed E-state index contributed by atoms with van der Waals surface area (Å²) in [5, 5.41) is 72.2. The second-order valence-corrected chi connectivity index (χ2v) is 20.8. The van der Waals surface area contributed by atoms with Crippen LogP contribution in [0, 0.1) is 0 Å². The highest BCUT2D eigenvalue weighted by Crippen LogP contribution is 2.27. The molecule has 11 atom stereocenters. The van der Waals surface area contributed by atoms with Gasteiger partial charge in [-0.25, -0.2) is 0 Å². The van der Waals surface area contributed by atoms with Crippen molar-refractivity contribution >= 4 is 11.9 Å². The summed E-state index contributed by atoms with van der Waals surface area (Å²) >= 11 is 0. The van der Waals surface area contributed by atoms with Crippen molar-refractivity contribution in [1.29, 1.82) is 0 Å². The van der Waals surface area contributed by atoms with Gasteiger partial charge in [-0.1, -0.05) is 206 Å². The van der Waals surface area contributed by atoms with Crippen molar-refractivity contribution in [3.63, 3.8) is 0 Å². The summed E-state index contributed by atoms with van der Waals surface area (Å²) in [5.41, 5.74) is 0. The Morgan fingerprint density at radius 2 is 0.792 bits per heavy atom. The fraction of sp³-hybridized carbons (Fsp3) is 0.930. The van der Waals surface area contributed by atoms with E-state index in [1.807, 2.05) is 0 Å². The van der Waals surface area contributed by atoms with Crippen molar-refractivity contribution in [2.24, 2.45) is 0 Å². The van der Waals surface area contributed by atoms with Crippen molar-refractivity contribution in [3.05, 3.63) is 12.2 Å². The molecule has 0 aliphatic carbocycles. The number of hydrogen-bond acceptors (Lipinski definition) is 15. The van der Waals surface area contributed by atoms with Gasteiger partial charge in [0.2, 0.25) is 0 Å². The standard InChI is InChI=1S/C57H106O15/c1-3-5-7-9-11-13-15-17-19-20-21-22-23-24-25-26-28-30-32-34-36-38-40-49(60)70-45(42-67-48(59)39-37-35-33-31-29-27-18-16-14-12-10-8-6-4-2)43-68-56-55(66)53(64)51(62)47(72-56)44-69-57-54(65)52(63)50(61)46(41-58)71-57/h16,18,45-47,50-58,61-66H,3-15,17,19-44H2,1-2H3/b18-16+/t45-,46+,47+,50-,51-,52?,53?,54?,55?,56+,57+/m1/s1. The van der Waals surface area contributed by atoms with E-state index in [1.165, 1.54) is 148 Å². The van der Waals surface area contributed by atoms with Gasteiger partial charge in [0.1, 0.15) is 55.4 Å². The van der Waals surface area contributed by atoms with Crippen molar-refractivity contribution in [1.82, 2.24) is 0 Å². The van der Waals surface area contributed by atoms with Crippen LogP contribution in [0.5, 0.6) is 0 Å². The maximum atomic E-state index is 13.1. The molecule has 2 aliphatic heterocycles. The second kappa shape index (κ2) is 44.4. The maximum absolute atomic E-state index is 13.1. The molecule has 0 aromatic carbocycles. The van der Waals surface area contributed by atoms with Gasteiger partial charge < -0.3 is 64.2 Å². The van der Waals surface area contributed by atoms with Crippen LogP contribution in [-0.4, -0.2) is 142 Å². The first kappa shape index (κ1) is 66.4. The third-order valence-electron chi connectivity index (χ3n) is 14.2. The van der Waals surface area contributed by atoms with Gasteiger partial charge in [0.05, 0.1) is 19.8 Å². The summed E-state index contributed by atoms with van der Waals surface area (Å²) < 4.78 is 33.7. The summed E-state index contributed by atoms with van der Waals surface area (Å²) in [6.07, 6.45) is 29.5. The predicted octanol–water partition coefficient (Wildman–Crippen LogP) is 9.72.